The third-order valence-corrected chi connectivity index (χ3v) is 7.47. The lowest BCUT2D eigenvalue weighted by molar-refractivity contribution is 0.101. The van der Waals surface area contributed by atoms with E-state index < -0.39 is 5.82 Å². The van der Waals surface area contributed by atoms with Crippen LogP contribution < -0.4 is 10.6 Å². The second kappa shape index (κ2) is 11.0. The van der Waals surface area contributed by atoms with Gasteiger partial charge in [-0.3, -0.25) is 4.79 Å². The number of hydrogen-bond donors (Lipinski definition) is 2. The molecule has 0 saturated heterocycles. The Bertz CT molecular complexity index is 1670. The first kappa shape index (κ1) is 27.2. The molecule has 4 aromatic rings. The van der Waals surface area contributed by atoms with Crippen LogP contribution in [0.25, 0.3) is 17.0 Å². The first-order valence-corrected chi connectivity index (χ1v) is 13.5. The van der Waals surface area contributed by atoms with Crippen molar-refractivity contribution in [1.29, 1.82) is 0 Å². The van der Waals surface area contributed by atoms with Gasteiger partial charge in [0.1, 0.15) is 5.82 Å². The predicted octanol–water partition coefficient (Wildman–Crippen LogP) is 6.62. The molecule has 1 aliphatic rings. The Morgan fingerprint density at radius 2 is 1.98 bits per heavy atom. The van der Waals surface area contributed by atoms with Gasteiger partial charge in [0, 0.05) is 17.7 Å². The van der Waals surface area contributed by atoms with Gasteiger partial charge in [0.05, 0.1) is 35.0 Å². The van der Waals surface area contributed by atoms with Crippen LogP contribution in [0.5, 0.6) is 0 Å². The Morgan fingerprint density at radius 1 is 1.18 bits per heavy atom. The molecule has 0 amide bonds. The number of nitrogens with zero attached hydrogens (tertiary/aromatic N) is 3. The van der Waals surface area contributed by atoms with Crippen LogP contribution >= 0.6 is 0 Å². The minimum Gasteiger partial charge on any atom is -0.379 e. The number of benzene rings is 2. The number of aromatic nitrogens is 3. The van der Waals surface area contributed by atoms with Gasteiger partial charge in [-0.2, -0.15) is 5.10 Å². The van der Waals surface area contributed by atoms with Crippen molar-refractivity contribution in [1.82, 2.24) is 25.2 Å². The zero-order valence-electron chi connectivity index (χ0n) is 23.2. The van der Waals surface area contributed by atoms with Crippen molar-refractivity contribution in [3.8, 4) is 0 Å². The van der Waals surface area contributed by atoms with E-state index in [1.165, 1.54) is 10.6 Å². The maximum absolute atomic E-state index is 14.9. The Labute approximate surface area is 232 Å². The summed E-state index contributed by atoms with van der Waals surface area (Å²) in [6, 6.07) is 10.8. The molecule has 0 aliphatic heterocycles. The van der Waals surface area contributed by atoms with Gasteiger partial charge in [0.25, 0.3) is 0 Å². The van der Waals surface area contributed by atoms with E-state index in [0.717, 1.165) is 53.4 Å². The Hall–Kier alpha value is -4.33. The Balaban J connectivity index is 1.49. The highest BCUT2D eigenvalue weighted by Gasteiger charge is 2.26. The van der Waals surface area contributed by atoms with E-state index >= 15 is 0 Å². The molecule has 1 unspecified atom stereocenters. The molecule has 0 spiro atoms. The monoisotopic (exact) mass is 541 g/mol. The molecule has 5 rings (SSSR count). The first-order valence-electron chi connectivity index (χ1n) is 13.5. The van der Waals surface area contributed by atoms with Gasteiger partial charge >= 0.3 is 0 Å². The molecule has 0 fully saturated rings. The standard InChI is InChI=1S/C32H33F2N5O/c1-6-7-29(35-16-22-8-12-26(33)18(2)14-22)31-19(3)30(38-32-27(34)17-36-39(31)32)20(4)37-28-13-10-24-15-23(21(5)40)9-11-25(24)28/h7-9,11-12,14-15,17,28,35,37H,4,6,10,13,16H2,1-3,5H3. The van der Waals surface area contributed by atoms with Crippen molar-refractivity contribution in [2.24, 2.45) is 0 Å². The third-order valence-electron chi connectivity index (χ3n) is 7.47. The second-order valence-corrected chi connectivity index (χ2v) is 10.3. The van der Waals surface area contributed by atoms with E-state index in [2.05, 4.69) is 27.3 Å². The number of hydrogen-bond acceptors (Lipinski definition) is 5. The number of ketones is 1. The number of rotatable bonds is 9. The summed E-state index contributed by atoms with van der Waals surface area (Å²) in [5.74, 6) is -0.721. The largest absolute Gasteiger partial charge is 0.379 e. The van der Waals surface area contributed by atoms with Crippen LogP contribution in [0.4, 0.5) is 8.78 Å². The van der Waals surface area contributed by atoms with Crippen LogP contribution in [0.15, 0.2) is 55.3 Å². The summed E-state index contributed by atoms with van der Waals surface area (Å²) in [6.45, 7) is 12.0. The highest BCUT2D eigenvalue weighted by molar-refractivity contribution is 5.94. The van der Waals surface area contributed by atoms with E-state index in [1.54, 1.807) is 19.9 Å². The van der Waals surface area contributed by atoms with Gasteiger partial charge in [0.15, 0.2) is 17.2 Å². The predicted molar refractivity (Wildman–Crippen MR) is 154 cm³/mol. The van der Waals surface area contributed by atoms with Crippen LogP contribution in [0.1, 0.15) is 82.3 Å². The summed E-state index contributed by atoms with van der Waals surface area (Å²) in [5, 5.41) is 11.3. The minimum atomic E-state index is -0.525. The summed E-state index contributed by atoms with van der Waals surface area (Å²) < 4.78 is 30.2. The average molecular weight is 542 g/mol. The van der Waals surface area contributed by atoms with Gasteiger partial charge in [-0.25, -0.2) is 18.3 Å². The number of aryl methyl sites for hydroxylation is 2. The molecule has 2 heterocycles. The lowest BCUT2D eigenvalue weighted by atomic mass is 10.0. The van der Waals surface area contributed by atoms with Crippen LogP contribution in [0.2, 0.25) is 0 Å². The van der Waals surface area contributed by atoms with Crippen molar-refractivity contribution in [2.45, 2.75) is 59.5 Å². The fourth-order valence-corrected chi connectivity index (χ4v) is 5.39. The van der Waals surface area contributed by atoms with Crippen molar-refractivity contribution in [2.75, 3.05) is 0 Å². The van der Waals surface area contributed by atoms with Gasteiger partial charge in [-0.05, 0) is 74.4 Å². The summed E-state index contributed by atoms with van der Waals surface area (Å²) >= 11 is 0. The number of nitrogens with one attached hydrogen (secondary N) is 2. The maximum Gasteiger partial charge on any atom is 0.192 e. The molecule has 206 valence electrons. The number of Topliss-reactive ketones (excluding diaryl/α,β-unsaturated/α-hetero) is 1. The number of fused-ring (bicyclic) bond motifs is 2. The molecule has 0 radical (unpaired) electrons. The molecular weight excluding hydrogens is 508 g/mol. The molecule has 40 heavy (non-hydrogen) atoms. The summed E-state index contributed by atoms with van der Waals surface area (Å²) in [4.78, 5) is 16.5. The zero-order valence-corrected chi connectivity index (χ0v) is 23.2. The van der Waals surface area contributed by atoms with E-state index in [1.807, 2.05) is 44.2 Å². The van der Waals surface area contributed by atoms with Crippen molar-refractivity contribution in [3.63, 3.8) is 0 Å². The molecule has 0 saturated carbocycles. The topological polar surface area (TPSA) is 71.3 Å². The quantitative estimate of drug-likeness (QED) is 0.233. The number of carbonyl (C=O) groups is 1. The lowest BCUT2D eigenvalue weighted by Crippen LogP contribution is -2.21. The smallest absolute Gasteiger partial charge is 0.192 e. The van der Waals surface area contributed by atoms with Crippen molar-refractivity contribution in [3.05, 3.63) is 112 Å². The van der Waals surface area contributed by atoms with Gasteiger partial charge in [-0.15, -0.1) is 0 Å². The van der Waals surface area contributed by atoms with E-state index in [4.69, 9.17) is 0 Å². The fraction of sp³-hybridized carbons (Fsp3) is 0.281. The molecule has 2 aromatic carbocycles. The van der Waals surface area contributed by atoms with E-state index in [9.17, 15) is 13.6 Å². The molecule has 2 aromatic heterocycles. The van der Waals surface area contributed by atoms with Crippen LogP contribution in [0.3, 0.4) is 0 Å². The number of halogens is 2. The average Bonchev–Trinajstić information content (AvgIpc) is 3.50. The summed E-state index contributed by atoms with van der Waals surface area (Å²) in [7, 11) is 0. The highest BCUT2D eigenvalue weighted by atomic mass is 19.1. The normalized spacial score (nSPS) is 14.8. The number of carbonyl (C=O) groups excluding carboxylic acids is 1. The van der Waals surface area contributed by atoms with Crippen LogP contribution in [-0.4, -0.2) is 20.4 Å². The van der Waals surface area contributed by atoms with Gasteiger partial charge < -0.3 is 10.6 Å². The molecule has 6 nitrogen and oxygen atoms in total. The van der Waals surface area contributed by atoms with E-state index in [-0.39, 0.29) is 23.3 Å². The molecular formula is C32H33F2N5O. The molecule has 2 N–H and O–H groups in total. The van der Waals surface area contributed by atoms with Crippen molar-refractivity contribution < 1.29 is 13.6 Å². The third kappa shape index (κ3) is 5.13. The molecule has 0 bridgehead atoms. The summed E-state index contributed by atoms with van der Waals surface area (Å²) in [6.07, 6.45) is 5.62. The summed E-state index contributed by atoms with van der Waals surface area (Å²) in [5.41, 5.74) is 7.98. The van der Waals surface area contributed by atoms with Gasteiger partial charge in [0.2, 0.25) is 0 Å². The van der Waals surface area contributed by atoms with Crippen LogP contribution in [-0.2, 0) is 13.0 Å². The SMILES string of the molecule is C=C(NC1CCc2cc(C(C)=O)ccc21)c1nc2c(F)cnn2c(C(=CCC)NCc2ccc(F)c(C)c2)c1C. The molecule has 8 heteroatoms. The molecule has 1 aliphatic carbocycles. The fourth-order valence-electron chi connectivity index (χ4n) is 5.39. The van der Waals surface area contributed by atoms with Gasteiger partial charge in [-0.1, -0.05) is 43.8 Å². The maximum atomic E-state index is 14.9. The second-order valence-electron chi connectivity index (χ2n) is 10.3. The van der Waals surface area contributed by atoms with Crippen LogP contribution in [0, 0.1) is 25.5 Å². The first-order chi connectivity index (χ1) is 19.2. The Kier molecular flexibility index (Phi) is 7.52. The van der Waals surface area contributed by atoms with E-state index in [0.29, 0.717) is 34.8 Å². The Morgan fingerprint density at radius 3 is 2.70 bits per heavy atom. The number of allylic oxidation sites excluding steroid dienone is 1. The zero-order chi connectivity index (χ0) is 28.6. The molecule has 1 atom stereocenters. The lowest BCUT2D eigenvalue weighted by Gasteiger charge is -2.21. The minimum absolute atomic E-state index is 0.00429. The van der Waals surface area contributed by atoms with Crippen molar-refractivity contribution >= 4 is 22.8 Å². The highest BCUT2D eigenvalue weighted by Crippen LogP contribution is 2.34.